The molecule has 466 valence electrons. The second kappa shape index (κ2) is 61.0. The molecule has 0 radical (unpaired) electrons. The summed E-state index contributed by atoms with van der Waals surface area (Å²) >= 11 is 0. The maximum atomic E-state index is 13.0. The van der Waals surface area contributed by atoms with Crippen molar-refractivity contribution in [2.45, 2.75) is 353 Å². The van der Waals surface area contributed by atoms with E-state index >= 15 is 0 Å². The van der Waals surface area contributed by atoms with Crippen LogP contribution in [0.2, 0.25) is 0 Å². The van der Waals surface area contributed by atoms with Crippen LogP contribution in [0.4, 0.5) is 0 Å². The number of nitrogens with zero attached hydrogens (tertiary/aromatic N) is 1. The number of likely N-dealkylation sites (N-methyl/N-ethyl adjacent to an activating group) is 1. The molecule has 0 saturated carbocycles. The second-order valence-corrected chi connectivity index (χ2v) is 26.3. The van der Waals surface area contributed by atoms with Crippen LogP contribution in [-0.2, 0) is 18.4 Å². The van der Waals surface area contributed by atoms with Crippen molar-refractivity contribution in [3.8, 4) is 0 Å². The fraction of sp³-hybridized carbons (Fsp3) is 0.871. The number of allylic oxidation sites excluding steroid dienone is 7. The van der Waals surface area contributed by atoms with Gasteiger partial charge in [-0.15, -0.1) is 0 Å². The summed E-state index contributed by atoms with van der Waals surface area (Å²) < 4.78 is 23.4. The monoisotopic (exact) mass is 1130 g/mol. The Morgan fingerprint density at radius 1 is 0.430 bits per heavy atom. The predicted octanol–water partition coefficient (Wildman–Crippen LogP) is 21.2. The van der Waals surface area contributed by atoms with Crippen LogP contribution >= 0.6 is 7.82 Å². The van der Waals surface area contributed by atoms with E-state index in [2.05, 4.69) is 55.6 Å². The highest BCUT2D eigenvalue weighted by Crippen LogP contribution is 2.38. The first kappa shape index (κ1) is 77.5. The summed E-state index contributed by atoms with van der Waals surface area (Å²) in [6.45, 7) is 4.66. The summed E-state index contributed by atoms with van der Waals surface area (Å²) in [7, 11) is 1.25. The van der Waals surface area contributed by atoms with Crippen LogP contribution in [0.3, 0.4) is 0 Å². The molecule has 3 atom stereocenters. The Hall–Kier alpha value is -1.54. The van der Waals surface area contributed by atoms with Gasteiger partial charge in [0.1, 0.15) is 13.2 Å². The van der Waals surface area contributed by atoms with E-state index in [1.807, 2.05) is 27.2 Å². The van der Waals surface area contributed by atoms with Gasteiger partial charge in [0, 0.05) is 6.42 Å². The molecule has 0 bridgehead atoms. The molecule has 0 aliphatic rings. The van der Waals surface area contributed by atoms with Crippen molar-refractivity contribution >= 4 is 13.7 Å². The van der Waals surface area contributed by atoms with E-state index in [0.717, 1.165) is 44.9 Å². The minimum atomic E-state index is -4.61. The highest BCUT2D eigenvalue weighted by molar-refractivity contribution is 7.45. The Kier molecular flexibility index (Phi) is 59.8. The summed E-state index contributed by atoms with van der Waals surface area (Å²) in [5.74, 6) is -0.205. The average Bonchev–Trinajstić information content (AvgIpc) is 3.42. The van der Waals surface area contributed by atoms with E-state index < -0.39 is 26.6 Å². The number of carbonyl (C=O) groups is 1. The minimum Gasteiger partial charge on any atom is -0.756 e. The third kappa shape index (κ3) is 63.9. The quantitative estimate of drug-likeness (QED) is 0.0272. The van der Waals surface area contributed by atoms with E-state index in [9.17, 15) is 19.4 Å². The lowest BCUT2D eigenvalue weighted by Gasteiger charge is -2.29. The Morgan fingerprint density at radius 3 is 1.03 bits per heavy atom. The van der Waals surface area contributed by atoms with E-state index in [0.29, 0.717) is 17.4 Å². The normalized spacial score (nSPS) is 14.0. The molecule has 0 aromatic rings. The zero-order valence-electron chi connectivity index (χ0n) is 53.3. The number of hydrogen-bond donors (Lipinski definition) is 2. The van der Waals surface area contributed by atoms with Gasteiger partial charge in [-0.3, -0.25) is 9.36 Å². The number of amides is 1. The van der Waals surface area contributed by atoms with Crippen molar-refractivity contribution < 1.29 is 32.9 Å². The first-order valence-corrected chi connectivity index (χ1v) is 36.0. The highest BCUT2D eigenvalue weighted by Gasteiger charge is 2.23. The Labute approximate surface area is 492 Å². The van der Waals surface area contributed by atoms with Gasteiger partial charge in [0.05, 0.1) is 39.9 Å². The molecule has 0 rings (SSSR count). The number of aliphatic hydroxyl groups is 1. The number of unbranched alkanes of at least 4 members (excludes halogenated alkanes) is 45. The molecule has 0 saturated heterocycles. The van der Waals surface area contributed by atoms with Crippen molar-refractivity contribution in [1.82, 2.24) is 5.32 Å². The van der Waals surface area contributed by atoms with Crippen LogP contribution in [0.15, 0.2) is 48.6 Å². The number of nitrogens with one attached hydrogen (secondary N) is 1. The summed E-state index contributed by atoms with van der Waals surface area (Å²) in [6, 6.07) is -0.910. The lowest BCUT2D eigenvalue weighted by atomic mass is 10.0. The first-order chi connectivity index (χ1) is 38.5. The number of carbonyl (C=O) groups excluding carboxylic acids is 1. The van der Waals surface area contributed by atoms with Gasteiger partial charge in [-0.1, -0.05) is 313 Å². The third-order valence-electron chi connectivity index (χ3n) is 15.7. The lowest BCUT2D eigenvalue weighted by molar-refractivity contribution is -0.870. The smallest absolute Gasteiger partial charge is 0.268 e. The molecule has 0 aliphatic carbocycles. The molecular weight excluding hydrogens is 996 g/mol. The van der Waals surface area contributed by atoms with E-state index in [4.69, 9.17) is 9.05 Å². The molecule has 9 heteroatoms. The van der Waals surface area contributed by atoms with Crippen LogP contribution in [0.1, 0.15) is 341 Å². The van der Waals surface area contributed by atoms with Gasteiger partial charge < -0.3 is 28.8 Å². The standard InChI is InChI=1S/C70H135N2O6P/c1-6-8-10-12-14-16-18-20-22-24-26-28-30-31-32-33-34-35-36-37-38-39-40-41-42-44-46-48-50-52-54-56-58-60-62-64-70(74)71-68(67-78-79(75,76)77-66-65-72(3,4)5)69(73)63-61-59-57-55-53-51-49-47-45-43-29-27-25-23-21-19-17-15-13-11-9-7-2/h24,26,45,47,53,55,61,63,68-69,73H,6-23,25,27-44,46,48-52,54,56-60,62,64-67H2,1-5H3,(H-,71,74,75,76)/b26-24-,47-45+,55-53+,63-61+. The third-order valence-corrected chi connectivity index (χ3v) is 16.7. The van der Waals surface area contributed by atoms with Crippen LogP contribution in [0.5, 0.6) is 0 Å². The van der Waals surface area contributed by atoms with Crippen molar-refractivity contribution in [2.24, 2.45) is 0 Å². The molecular formula is C70H135N2O6P. The van der Waals surface area contributed by atoms with Gasteiger partial charge in [0.2, 0.25) is 5.91 Å². The van der Waals surface area contributed by atoms with Crippen molar-refractivity contribution in [3.05, 3.63) is 48.6 Å². The van der Waals surface area contributed by atoms with Gasteiger partial charge in [0.15, 0.2) is 0 Å². The van der Waals surface area contributed by atoms with Gasteiger partial charge in [-0.05, 0) is 70.6 Å². The fourth-order valence-corrected chi connectivity index (χ4v) is 11.1. The fourth-order valence-electron chi connectivity index (χ4n) is 10.4. The summed E-state index contributed by atoms with van der Waals surface area (Å²) in [5.41, 5.74) is 0. The van der Waals surface area contributed by atoms with Gasteiger partial charge in [0.25, 0.3) is 7.82 Å². The summed E-state index contributed by atoms with van der Waals surface area (Å²) in [5, 5.41) is 13.9. The van der Waals surface area contributed by atoms with Gasteiger partial charge in [-0.25, -0.2) is 0 Å². The molecule has 0 aliphatic heterocycles. The first-order valence-electron chi connectivity index (χ1n) is 34.5. The number of rotatable bonds is 64. The summed E-state index contributed by atoms with van der Waals surface area (Å²) in [4.78, 5) is 25.6. The lowest BCUT2D eigenvalue weighted by Crippen LogP contribution is -2.45. The number of phosphoric ester groups is 1. The maximum absolute atomic E-state index is 13.0. The Balaban J connectivity index is 4.04. The predicted molar refractivity (Wildman–Crippen MR) is 344 cm³/mol. The van der Waals surface area contributed by atoms with Crippen molar-refractivity contribution in [1.29, 1.82) is 0 Å². The Bertz CT molecular complexity index is 1430. The molecule has 3 unspecified atom stereocenters. The van der Waals surface area contributed by atoms with Crippen LogP contribution in [0.25, 0.3) is 0 Å². The van der Waals surface area contributed by atoms with Crippen molar-refractivity contribution in [3.63, 3.8) is 0 Å². The number of phosphoric acid groups is 1. The van der Waals surface area contributed by atoms with E-state index in [-0.39, 0.29) is 12.5 Å². The number of aliphatic hydroxyl groups excluding tert-OH is 1. The molecule has 0 aromatic carbocycles. The zero-order chi connectivity index (χ0) is 57.7. The largest absolute Gasteiger partial charge is 0.756 e. The molecule has 2 N–H and O–H groups in total. The van der Waals surface area contributed by atoms with Crippen LogP contribution in [-0.4, -0.2) is 68.5 Å². The summed E-state index contributed by atoms with van der Waals surface area (Å²) in [6.07, 6.45) is 82.4. The number of quaternary nitrogens is 1. The van der Waals surface area contributed by atoms with Crippen molar-refractivity contribution in [2.75, 3.05) is 40.9 Å². The van der Waals surface area contributed by atoms with E-state index in [1.165, 1.54) is 276 Å². The topological polar surface area (TPSA) is 108 Å². The molecule has 79 heavy (non-hydrogen) atoms. The molecule has 1 amide bonds. The molecule has 0 aromatic heterocycles. The van der Waals surface area contributed by atoms with Crippen LogP contribution in [0, 0.1) is 0 Å². The molecule has 0 fully saturated rings. The van der Waals surface area contributed by atoms with Crippen LogP contribution < -0.4 is 10.2 Å². The highest BCUT2D eigenvalue weighted by atomic mass is 31.2. The second-order valence-electron chi connectivity index (χ2n) is 24.9. The Morgan fingerprint density at radius 2 is 0.709 bits per heavy atom. The molecule has 0 heterocycles. The zero-order valence-corrected chi connectivity index (χ0v) is 54.2. The molecule has 8 nitrogen and oxygen atoms in total. The maximum Gasteiger partial charge on any atom is 0.268 e. The minimum absolute atomic E-state index is 0.00799. The van der Waals surface area contributed by atoms with Gasteiger partial charge in [-0.2, -0.15) is 0 Å². The number of hydrogen-bond acceptors (Lipinski definition) is 6. The SMILES string of the molecule is CCCCCCCCCC/C=C\CCCCCCCCCCCCCCCCCCCCCCCCCC(=O)NC(COP(=O)([O-])OCC[N+](C)(C)C)C(O)/C=C/CC/C=C/CC/C=C/CCCCCCCCCCCCCC. The van der Waals surface area contributed by atoms with E-state index in [1.54, 1.807) is 6.08 Å². The average molecular weight is 1130 g/mol. The van der Waals surface area contributed by atoms with Gasteiger partial charge >= 0.3 is 0 Å². The molecule has 0 spiro atoms.